The first-order valence-corrected chi connectivity index (χ1v) is 14.7. The molecule has 11 heteroatoms. The predicted molar refractivity (Wildman–Crippen MR) is 160 cm³/mol. The van der Waals surface area contributed by atoms with Gasteiger partial charge in [-0.25, -0.2) is 9.48 Å². The summed E-state index contributed by atoms with van der Waals surface area (Å²) < 4.78 is 14.4. The minimum Gasteiger partial charge on any atom is -0.425 e. The van der Waals surface area contributed by atoms with Crippen LogP contribution < -0.4 is 5.56 Å². The van der Waals surface area contributed by atoms with Crippen molar-refractivity contribution in [1.29, 1.82) is 0 Å². The molecular weight excluding hydrogens is 548 g/mol. The highest BCUT2D eigenvalue weighted by atomic mass is 16.7. The van der Waals surface area contributed by atoms with Gasteiger partial charge in [0.1, 0.15) is 6.04 Å². The molecule has 1 aliphatic heterocycles. The highest BCUT2D eigenvalue weighted by Gasteiger charge is 2.34. The molecule has 3 heterocycles. The number of nitrogens with one attached hydrogen (secondary N) is 1. The van der Waals surface area contributed by atoms with Crippen LogP contribution in [0.1, 0.15) is 76.7 Å². The molecule has 2 unspecified atom stereocenters. The van der Waals surface area contributed by atoms with E-state index in [1.807, 2.05) is 53.2 Å². The fourth-order valence-electron chi connectivity index (χ4n) is 5.49. The number of benzene rings is 2. The number of hydrogen-bond donors (Lipinski definition) is 1. The highest BCUT2D eigenvalue weighted by Crippen LogP contribution is 2.31. The summed E-state index contributed by atoms with van der Waals surface area (Å²) in [5, 5.41) is 14.4. The fourth-order valence-corrected chi connectivity index (χ4v) is 5.49. The Labute approximate surface area is 250 Å². The summed E-state index contributed by atoms with van der Waals surface area (Å²) >= 11 is 0. The van der Waals surface area contributed by atoms with Gasteiger partial charge in [-0.1, -0.05) is 61.9 Å². The van der Waals surface area contributed by atoms with Gasteiger partial charge >= 0.3 is 11.9 Å². The number of carbonyl (C=O) groups is 2. The van der Waals surface area contributed by atoms with Crippen molar-refractivity contribution in [3.63, 3.8) is 0 Å². The molecule has 43 heavy (non-hydrogen) atoms. The predicted octanol–water partition coefficient (Wildman–Crippen LogP) is 4.85. The lowest BCUT2D eigenvalue weighted by Gasteiger charge is -2.29. The molecule has 0 fully saturated rings. The number of esters is 2. The number of carbonyl (C=O) groups excluding carboxylic acids is 2. The van der Waals surface area contributed by atoms with Crippen LogP contribution in [-0.4, -0.2) is 48.2 Å². The van der Waals surface area contributed by atoms with Crippen molar-refractivity contribution in [2.75, 3.05) is 0 Å². The highest BCUT2D eigenvalue weighted by molar-refractivity contribution is 5.80. The molecule has 2 atom stereocenters. The largest absolute Gasteiger partial charge is 0.425 e. The van der Waals surface area contributed by atoms with Crippen LogP contribution in [0.4, 0.5) is 0 Å². The van der Waals surface area contributed by atoms with Crippen molar-refractivity contribution in [2.24, 2.45) is 5.41 Å². The first kappa shape index (κ1) is 29.9. The molecule has 0 saturated carbocycles. The SMILES string of the molecule is CCCc1c(Cc2ccc(-c3ccccc3-c3nn[nH]n3)cc2)c(=O)n2n1C(C(=O)OC(C)OC(=O)C(C)(C)C)CCC2. The Kier molecular flexibility index (Phi) is 8.61. The molecule has 0 saturated heterocycles. The second-order valence-electron chi connectivity index (χ2n) is 11.9. The van der Waals surface area contributed by atoms with Crippen LogP contribution in [0.3, 0.4) is 0 Å². The summed E-state index contributed by atoms with van der Waals surface area (Å²) in [6.07, 6.45) is 2.07. The van der Waals surface area contributed by atoms with Gasteiger partial charge in [0.2, 0.25) is 12.1 Å². The van der Waals surface area contributed by atoms with Crippen molar-refractivity contribution < 1.29 is 19.1 Å². The number of aromatic amines is 1. The quantitative estimate of drug-likeness (QED) is 0.217. The van der Waals surface area contributed by atoms with Crippen LogP contribution in [0.25, 0.3) is 22.5 Å². The summed E-state index contributed by atoms with van der Waals surface area (Å²) in [7, 11) is 0. The van der Waals surface area contributed by atoms with Gasteiger partial charge in [0.25, 0.3) is 5.56 Å². The maximum Gasteiger partial charge on any atom is 0.333 e. The lowest BCUT2D eigenvalue weighted by atomic mass is 9.96. The number of hydrogen-bond acceptors (Lipinski definition) is 8. The molecule has 0 bridgehead atoms. The van der Waals surface area contributed by atoms with Gasteiger partial charge in [-0.15, -0.1) is 10.2 Å². The Morgan fingerprint density at radius 3 is 2.44 bits per heavy atom. The van der Waals surface area contributed by atoms with E-state index in [1.165, 1.54) is 6.92 Å². The van der Waals surface area contributed by atoms with E-state index in [2.05, 4.69) is 27.5 Å². The Morgan fingerprint density at radius 1 is 1.07 bits per heavy atom. The molecule has 0 spiro atoms. The second kappa shape index (κ2) is 12.4. The number of fused-ring (bicyclic) bond motifs is 1. The van der Waals surface area contributed by atoms with Crippen molar-refractivity contribution >= 4 is 11.9 Å². The maximum absolute atomic E-state index is 13.7. The van der Waals surface area contributed by atoms with E-state index >= 15 is 0 Å². The average molecular weight is 587 g/mol. The van der Waals surface area contributed by atoms with Gasteiger partial charge in [0.15, 0.2) is 0 Å². The monoisotopic (exact) mass is 586 g/mol. The summed E-state index contributed by atoms with van der Waals surface area (Å²) in [5.74, 6) is -0.440. The number of tetrazole rings is 1. The second-order valence-corrected chi connectivity index (χ2v) is 11.9. The Balaban J connectivity index is 1.40. The normalized spacial score (nSPS) is 15.5. The fraction of sp³-hybridized carbons (Fsp3) is 0.438. The van der Waals surface area contributed by atoms with Crippen LogP contribution in [0.5, 0.6) is 0 Å². The number of rotatable bonds is 9. The summed E-state index contributed by atoms with van der Waals surface area (Å²) in [4.78, 5) is 39.4. The molecule has 0 aliphatic carbocycles. The molecule has 5 rings (SSSR count). The summed E-state index contributed by atoms with van der Waals surface area (Å²) in [6, 6.07) is 15.3. The Bertz CT molecular complexity index is 1650. The van der Waals surface area contributed by atoms with E-state index < -0.39 is 29.7 Å². The molecule has 2 aromatic heterocycles. The van der Waals surface area contributed by atoms with E-state index in [0.29, 0.717) is 43.6 Å². The molecule has 1 aliphatic rings. The van der Waals surface area contributed by atoms with Crippen LogP contribution in [-0.2, 0) is 38.4 Å². The van der Waals surface area contributed by atoms with Crippen LogP contribution in [0, 0.1) is 5.41 Å². The third-order valence-corrected chi connectivity index (χ3v) is 7.61. The summed E-state index contributed by atoms with van der Waals surface area (Å²) in [5.41, 5.74) is 4.56. The molecular formula is C32H38N6O5. The van der Waals surface area contributed by atoms with Gasteiger partial charge in [-0.05, 0) is 61.9 Å². The lowest BCUT2D eigenvalue weighted by molar-refractivity contribution is -0.193. The van der Waals surface area contributed by atoms with Gasteiger partial charge in [0.05, 0.1) is 5.41 Å². The van der Waals surface area contributed by atoms with Crippen LogP contribution in [0.15, 0.2) is 53.3 Å². The van der Waals surface area contributed by atoms with Gasteiger partial charge < -0.3 is 9.47 Å². The standard InChI is InChI=1S/C32H38N6O5/c1-6-10-26-25(19-21-14-16-22(17-15-21)23-11-7-8-12-24(23)28-33-35-36-34-28)29(39)37-18-9-13-27(38(26)37)30(40)42-20(2)43-31(41)32(3,4)5/h7-8,11-12,14-17,20,27H,6,9-10,13,18-19H2,1-5H3,(H,33,34,35,36). The van der Waals surface area contributed by atoms with Gasteiger partial charge in [-0.2, -0.15) is 5.21 Å². The van der Waals surface area contributed by atoms with E-state index in [4.69, 9.17) is 9.47 Å². The van der Waals surface area contributed by atoms with Crippen molar-refractivity contribution in [3.8, 4) is 22.5 Å². The van der Waals surface area contributed by atoms with E-state index in [-0.39, 0.29) is 5.56 Å². The molecule has 0 radical (unpaired) electrons. The molecule has 0 amide bonds. The zero-order valence-electron chi connectivity index (χ0n) is 25.3. The molecule has 2 aromatic carbocycles. The maximum atomic E-state index is 13.7. The molecule has 226 valence electrons. The lowest BCUT2D eigenvalue weighted by Crippen LogP contribution is -2.38. The van der Waals surface area contributed by atoms with E-state index in [0.717, 1.165) is 34.4 Å². The minimum atomic E-state index is -1.03. The Morgan fingerprint density at radius 2 is 1.79 bits per heavy atom. The van der Waals surface area contributed by atoms with Crippen LogP contribution >= 0.6 is 0 Å². The van der Waals surface area contributed by atoms with Crippen LogP contribution in [0.2, 0.25) is 0 Å². The van der Waals surface area contributed by atoms with Crippen molar-refractivity contribution in [1.82, 2.24) is 30.0 Å². The zero-order valence-corrected chi connectivity index (χ0v) is 25.3. The van der Waals surface area contributed by atoms with Gasteiger partial charge in [0, 0.05) is 36.7 Å². The van der Waals surface area contributed by atoms with Gasteiger partial charge in [-0.3, -0.25) is 14.3 Å². The van der Waals surface area contributed by atoms with Crippen molar-refractivity contribution in [2.45, 2.75) is 85.6 Å². The third kappa shape index (κ3) is 6.30. The van der Waals surface area contributed by atoms with E-state index in [1.54, 1.807) is 25.5 Å². The third-order valence-electron chi connectivity index (χ3n) is 7.61. The molecule has 11 nitrogen and oxygen atoms in total. The average Bonchev–Trinajstić information content (AvgIpc) is 3.61. The first-order chi connectivity index (χ1) is 20.6. The summed E-state index contributed by atoms with van der Waals surface area (Å²) in [6.45, 7) is 9.34. The Hall–Kier alpha value is -4.54. The topological polar surface area (TPSA) is 134 Å². The number of H-pyrrole nitrogens is 1. The minimum absolute atomic E-state index is 0.0836. The molecule has 1 N–H and O–H groups in total. The smallest absolute Gasteiger partial charge is 0.333 e. The zero-order chi connectivity index (χ0) is 30.7. The number of nitrogens with zero attached hydrogens (tertiary/aromatic N) is 5. The first-order valence-electron chi connectivity index (χ1n) is 14.7. The molecule has 4 aromatic rings. The van der Waals surface area contributed by atoms with Crippen molar-refractivity contribution in [3.05, 3.63) is 75.7 Å². The van der Waals surface area contributed by atoms with E-state index in [9.17, 15) is 14.4 Å². The number of ether oxygens (including phenoxy) is 2. The number of aromatic nitrogens is 6.